The van der Waals surface area contributed by atoms with Gasteiger partial charge in [0.25, 0.3) is 0 Å². The fourth-order valence-corrected chi connectivity index (χ4v) is 2.51. The molecule has 1 aliphatic rings. The van der Waals surface area contributed by atoms with Gasteiger partial charge in [-0.1, -0.05) is 12.1 Å². The van der Waals surface area contributed by atoms with Gasteiger partial charge in [0.15, 0.2) is 0 Å². The number of hydrogen-bond donors (Lipinski definition) is 1. The standard InChI is InChI=1S/C19H30BNO5/c1-17(2,3)24-16(22)21-12-13-9-10-14(11-15(13)23-8)20-25-18(4,5)19(6,7)26-20/h9-11H,12H2,1-8H3,(H,21,22). The molecule has 1 heterocycles. The molecule has 0 radical (unpaired) electrons. The van der Waals surface area contributed by atoms with E-state index in [1.165, 1.54) is 0 Å². The third kappa shape index (κ3) is 4.71. The normalized spacial score (nSPS) is 18.5. The summed E-state index contributed by atoms with van der Waals surface area (Å²) in [6.07, 6.45) is -0.463. The number of rotatable bonds is 4. The number of ether oxygens (including phenoxy) is 2. The number of benzene rings is 1. The van der Waals surface area contributed by atoms with Crippen LogP contribution in [0.2, 0.25) is 0 Å². The van der Waals surface area contributed by atoms with E-state index < -0.39 is 30.0 Å². The summed E-state index contributed by atoms with van der Waals surface area (Å²) in [7, 11) is 1.14. The Morgan fingerprint density at radius 2 is 1.73 bits per heavy atom. The lowest BCUT2D eigenvalue weighted by atomic mass is 9.78. The Kier molecular flexibility index (Phi) is 5.64. The van der Waals surface area contributed by atoms with E-state index in [1.54, 1.807) is 7.11 Å². The van der Waals surface area contributed by atoms with E-state index in [4.69, 9.17) is 18.8 Å². The summed E-state index contributed by atoms with van der Waals surface area (Å²) in [5, 5.41) is 2.74. The Bertz CT molecular complexity index is 650. The van der Waals surface area contributed by atoms with Crippen LogP contribution in [0.15, 0.2) is 18.2 Å². The highest BCUT2D eigenvalue weighted by Crippen LogP contribution is 2.36. The zero-order chi connectivity index (χ0) is 19.8. The molecule has 1 aromatic carbocycles. The molecule has 1 aromatic rings. The quantitative estimate of drug-likeness (QED) is 0.833. The predicted octanol–water partition coefficient (Wildman–Crippen LogP) is 3.02. The molecule has 1 amide bonds. The predicted molar refractivity (Wildman–Crippen MR) is 102 cm³/mol. The molecule has 1 aliphatic heterocycles. The lowest BCUT2D eigenvalue weighted by Gasteiger charge is -2.32. The van der Waals surface area contributed by atoms with Gasteiger partial charge in [0.05, 0.1) is 18.3 Å². The third-order valence-corrected chi connectivity index (χ3v) is 4.66. The molecule has 6 nitrogen and oxygen atoms in total. The van der Waals surface area contributed by atoms with E-state index in [0.29, 0.717) is 12.3 Å². The topological polar surface area (TPSA) is 66.0 Å². The fraction of sp³-hybridized carbons (Fsp3) is 0.632. The summed E-state index contributed by atoms with van der Waals surface area (Å²) in [5.74, 6) is 0.660. The number of nitrogens with one attached hydrogen (secondary N) is 1. The van der Waals surface area contributed by atoms with E-state index in [2.05, 4.69) is 5.32 Å². The van der Waals surface area contributed by atoms with Crippen LogP contribution < -0.4 is 15.5 Å². The lowest BCUT2D eigenvalue weighted by Crippen LogP contribution is -2.41. The van der Waals surface area contributed by atoms with Crippen LogP contribution >= 0.6 is 0 Å². The third-order valence-electron chi connectivity index (χ3n) is 4.66. The molecule has 0 unspecified atom stereocenters. The summed E-state index contributed by atoms with van der Waals surface area (Å²) in [6, 6.07) is 5.71. The van der Waals surface area contributed by atoms with Crippen LogP contribution in [0.4, 0.5) is 4.79 Å². The molecule has 144 valence electrons. The summed E-state index contributed by atoms with van der Waals surface area (Å²) >= 11 is 0. The fourth-order valence-electron chi connectivity index (χ4n) is 2.51. The number of carbonyl (C=O) groups is 1. The van der Waals surface area contributed by atoms with Gasteiger partial charge in [-0.05, 0) is 60.0 Å². The number of methoxy groups -OCH3 is 1. The van der Waals surface area contributed by atoms with Crippen LogP contribution in [0, 0.1) is 0 Å². The maximum absolute atomic E-state index is 11.8. The highest BCUT2D eigenvalue weighted by molar-refractivity contribution is 6.62. The maximum atomic E-state index is 11.8. The van der Waals surface area contributed by atoms with Gasteiger partial charge < -0.3 is 24.1 Å². The molecule has 0 bridgehead atoms. The van der Waals surface area contributed by atoms with Gasteiger partial charge in [-0.3, -0.25) is 0 Å². The van der Waals surface area contributed by atoms with Crippen molar-refractivity contribution in [1.29, 1.82) is 0 Å². The SMILES string of the molecule is COc1cc(B2OC(C)(C)C(C)(C)O2)ccc1CNC(=O)OC(C)(C)C. The van der Waals surface area contributed by atoms with Crippen molar-refractivity contribution in [1.82, 2.24) is 5.32 Å². The van der Waals surface area contributed by atoms with E-state index in [1.807, 2.05) is 66.7 Å². The molecular weight excluding hydrogens is 333 g/mol. The average molecular weight is 363 g/mol. The number of amides is 1. The smallest absolute Gasteiger partial charge is 0.494 e. The van der Waals surface area contributed by atoms with Crippen LogP contribution in [0.25, 0.3) is 0 Å². The molecule has 1 N–H and O–H groups in total. The Morgan fingerprint density at radius 1 is 1.15 bits per heavy atom. The number of hydrogen-bond acceptors (Lipinski definition) is 5. The largest absolute Gasteiger partial charge is 0.496 e. The molecule has 1 saturated heterocycles. The Balaban J connectivity index is 2.10. The molecule has 7 heteroatoms. The van der Waals surface area contributed by atoms with Gasteiger partial charge in [0, 0.05) is 12.1 Å². The maximum Gasteiger partial charge on any atom is 0.494 e. The van der Waals surface area contributed by atoms with Gasteiger partial charge in [0.2, 0.25) is 0 Å². The molecule has 0 aromatic heterocycles. The van der Waals surface area contributed by atoms with Crippen molar-refractivity contribution in [2.45, 2.75) is 71.8 Å². The molecule has 0 saturated carbocycles. The Labute approximate surface area is 156 Å². The lowest BCUT2D eigenvalue weighted by molar-refractivity contribution is 0.00578. The highest BCUT2D eigenvalue weighted by Gasteiger charge is 2.51. The van der Waals surface area contributed by atoms with Gasteiger partial charge in [-0.15, -0.1) is 0 Å². The Morgan fingerprint density at radius 3 is 2.23 bits per heavy atom. The minimum Gasteiger partial charge on any atom is -0.496 e. The monoisotopic (exact) mass is 363 g/mol. The molecule has 2 rings (SSSR count). The first-order valence-corrected chi connectivity index (χ1v) is 8.84. The molecule has 26 heavy (non-hydrogen) atoms. The second-order valence-corrected chi connectivity index (χ2v) is 8.51. The van der Waals surface area contributed by atoms with Crippen molar-refractivity contribution in [3.63, 3.8) is 0 Å². The van der Waals surface area contributed by atoms with E-state index in [9.17, 15) is 4.79 Å². The van der Waals surface area contributed by atoms with Crippen molar-refractivity contribution < 1.29 is 23.6 Å². The van der Waals surface area contributed by atoms with Crippen LogP contribution in [0.1, 0.15) is 54.0 Å². The second-order valence-electron chi connectivity index (χ2n) is 8.51. The van der Waals surface area contributed by atoms with Crippen molar-refractivity contribution in [3.05, 3.63) is 23.8 Å². The minimum absolute atomic E-state index is 0.307. The minimum atomic E-state index is -0.533. The average Bonchev–Trinajstić information content (AvgIpc) is 2.71. The first kappa shape index (κ1) is 20.6. The van der Waals surface area contributed by atoms with Crippen molar-refractivity contribution in [3.8, 4) is 5.75 Å². The van der Waals surface area contributed by atoms with Gasteiger partial charge in [-0.25, -0.2) is 4.79 Å². The molecule has 0 atom stereocenters. The second kappa shape index (κ2) is 7.12. The van der Waals surface area contributed by atoms with Gasteiger partial charge in [-0.2, -0.15) is 0 Å². The van der Waals surface area contributed by atoms with Crippen molar-refractivity contribution >= 4 is 18.7 Å². The number of alkyl carbamates (subject to hydrolysis) is 1. The molecule has 1 fully saturated rings. The molecular formula is C19H30BNO5. The Hall–Kier alpha value is -1.73. The number of carbonyl (C=O) groups excluding carboxylic acids is 1. The van der Waals surface area contributed by atoms with Crippen molar-refractivity contribution in [2.75, 3.05) is 7.11 Å². The molecule has 0 spiro atoms. The van der Waals surface area contributed by atoms with Gasteiger partial charge >= 0.3 is 13.2 Å². The summed E-state index contributed by atoms with van der Waals surface area (Å²) < 4.78 is 22.9. The highest BCUT2D eigenvalue weighted by atomic mass is 16.7. The zero-order valence-corrected chi connectivity index (χ0v) is 17.1. The van der Waals surface area contributed by atoms with Crippen LogP contribution in [0.5, 0.6) is 5.75 Å². The summed E-state index contributed by atoms with van der Waals surface area (Å²) in [6.45, 7) is 13.9. The first-order chi connectivity index (χ1) is 11.8. The zero-order valence-electron chi connectivity index (χ0n) is 17.1. The summed E-state index contributed by atoms with van der Waals surface area (Å²) in [4.78, 5) is 11.8. The van der Waals surface area contributed by atoms with E-state index >= 15 is 0 Å². The van der Waals surface area contributed by atoms with Crippen LogP contribution in [-0.2, 0) is 20.6 Å². The van der Waals surface area contributed by atoms with E-state index in [0.717, 1.165) is 11.0 Å². The van der Waals surface area contributed by atoms with Crippen molar-refractivity contribution in [2.24, 2.45) is 0 Å². The first-order valence-electron chi connectivity index (χ1n) is 8.84. The summed E-state index contributed by atoms with van der Waals surface area (Å²) in [5.41, 5.74) is 0.388. The van der Waals surface area contributed by atoms with Crippen LogP contribution in [-0.4, -0.2) is 37.1 Å². The molecule has 0 aliphatic carbocycles. The van der Waals surface area contributed by atoms with Crippen LogP contribution in [0.3, 0.4) is 0 Å². The van der Waals surface area contributed by atoms with E-state index in [-0.39, 0.29) is 0 Å². The van der Waals surface area contributed by atoms with Gasteiger partial charge in [0.1, 0.15) is 11.4 Å².